The molecule has 0 radical (unpaired) electrons. The maximum atomic E-state index is 12.6. The average molecular weight is 411 g/mol. The molecule has 0 unspecified atom stereocenters. The molecule has 1 aromatic carbocycles. The Morgan fingerprint density at radius 2 is 1.83 bits per heavy atom. The summed E-state index contributed by atoms with van der Waals surface area (Å²) in [6, 6.07) is 12.7. The quantitative estimate of drug-likeness (QED) is 0.695. The fraction of sp³-hybridized carbons (Fsp3) is 0.250. The first kappa shape index (κ1) is 19.3. The first-order valence-corrected chi connectivity index (χ1v) is 10.9. The van der Waals surface area contributed by atoms with Crippen molar-refractivity contribution in [1.82, 2.24) is 18.9 Å². The Morgan fingerprint density at radius 3 is 2.59 bits per heavy atom. The lowest BCUT2D eigenvalue weighted by atomic mass is 9.97. The lowest BCUT2D eigenvalue weighted by Gasteiger charge is -2.29. The number of piperidine rings is 1. The van der Waals surface area contributed by atoms with Crippen molar-refractivity contribution in [3.05, 3.63) is 65.8 Å². The summed E-state index contributed by atoms with van der Waals surface area (Å²) in [7, 11) is -3.51. The first-order valence-electron chi connectivity index (χ1n) is 9.36. The second kappa shape index (κ2) is 8.14. The number of sulfonamides is 1. The van der Waals surface area contributed by atoms with Crippen molar-refractivity contribution in [2.24, 2.45) is 5.92 Å². The molecule has 1 amide bonds. The summed E-state index contributed by atoms with van der Waals surface area (Å²) in [5.74, 6) is 0.161. The van der Waals surface area contributed by atoms with E-state index in [1.807, 2.05) is 30.3 Å². The lowest BCUT2D eigenvalue weighted by Crippen LogP contribution is -2.40. The van der Waals surface area contributed by atoms with E-state index in [2.05, 4.69) is 15.4 Å². The van der Waals surface area contributed by atoms with E-state index >= 15 is 0 Å². The van der Waals surface area contributed by atoms with Crippen molar-refractivity contribution < 1.29 is 13.2 Å². The smallest absolute Gasteiger partial charge is 0.236 e. The van der Waals surface area contributed by atoms with Gasteiger partial charge in [0.2, 0.25) is 15.9 Å². The van der Waals surface area contributed by atoms with Crippen LogP contribution in [0.5, 0.6) is 0 Å². The van der Waals surface area contributed by atoms with E-state index in [1.54, 1.807) is 35.1 Å². The Hall–Kier alpha value is -3.04. The number of hydrogen-bond donors (Lipinski definition) is 1. The molecule has 3 aromatic rings. The number of rotatable bonds is 5. The molecular formula is C20H21N5O3S. The molecule has 0 bridgehead atoms. The van der Waals surface area contributed by atoms with Crippen LogP contribution in [-0.4, -0.2) is 46.3 Å². The number of carbonyl (C=O) groups is 1. The molecular weight excluding hydrogens is 390 g/mol. The van der Waals surface area contributed by atoms with Crippen molar-refractivity contribution in [2.75, 3.05) is 18.4 Å². The molecule has 1 aliphatic rings. The zero-order chi connectivity index (χ0) is 20.3. The second-order valence-corrected chi connectivity index (χ2v) is 8.67. The van der Waals surface area contributed by atoms with Gasteiger partial charge in [0, 0.05) is 36.7 Å². The number of anilines is 1. The standard InChI is InChI=1S/C20H21N5O3S/c26-20(23-19-6-11-21-18-7-12-22-25(18)19)17-8-13-24(14-9-17)29(27,28)15-10-16-4-2-1-3-5-16/h1-7,10-12,15,17H,8-9,13-14H2,(H,23,26)/b15-10+. The minimum absolute atomic E-state index is 0.134. The number of nitrogens with one attached hydrogen (secondary N) is 1. The minimum atomic E-state index is -3.51. The van der Waals surface area contributed by atoms with E-state index in [4.69, 9.17) is 0 Å². The molecule has 4 rings (SSSR count). The van der Waals surface area contributed by atoms with Crippen LogP contribution in [0.15, 0.2) is 60.3 Å². The molecule has 1 aliphatic heterocycles. The van der Waals surface area contributed by atoms with Crippen molar-refractivity contribution >= 4 is 33.5 Å². The zero-order valence-corrected chi connectivity index (χ0v) is 16.5. The Kier molecular flexibility index (Phi) is 5.41. The largest absolute Gasteiger partial charge is 0.310 e. The number of fused-ring (bicyclic) bond motifs is 1. The minimum Gasteiger partial charge on any atom is -0.310 e. The monoisotopic (exact) mass is 411 g/mol. The summed E-state index contributed by atoms with van der Waals surface area (Å²) in [6.07, 6.45) is 5.76. The van der Waals surface area contributed by atoms with Gasteiger partial charge >= 0.3 is 0 Å². The van der Waals surface area contributed by atoms with Crippen LogP contribution in [0.2, 0.25) is 0 Å². The Bertz CT molecular complexity index is 1130. The third kappa shape index (κ3) is 4.36. The van der Waals surface area contributed by atoms with Crippen molar-refractivity contribution in [3.63, 3.8) is 0 Å². The highest BCUT2D eigenvalue weighted by Gasteiger charge is 2.30. The third-order valence-corrected chi connectivity index (χ3v) is 6.52. The normalized spacial score (nSPS) is 16.4. The first-order chi connectivity index (χ1) is 14.0. The van der Waals surface area contributed by atoms with Crippen molar-refractivity contribution in [2.45, 2.75) is 12.8 Å². The van der Waals surface area contributed by atoms with Crippen molar-refractivity contribution in [3.8, 4) is 0 Å². The van der Waals surface area contributed by atoms with Gasteiger partial charge in [0.05, 0.1) is 6.20 Å². The van der Waals surface area contributed by atoms with E-state index in [0.717, 1.165) is 5.56 Å². The summed E-state index contributed by atoms with van der Waals surface area (Å²) < 4.78 is 28.1. The van der Waals surface area contributed by atoms with Gasteiger partial charge in [-0.3, -0.25) is 4.79 Å². The topological polar surface area (TPSA) is 96.7 Å². The van der Waals surface area contributed by atoms with Crippen LogP contribution in [0.4, 0.5) is 5.82 Å². The number of amides is 1. The van der Waals surface area contributed by atoms with Crippen LogP contribution in [-0.2, 0) is 14.8 Å². The predicted molar refractivity (Wildman–Crippen MR) is 110 cm³/mol. The molecule has 0 saturated carbocycles. The van der Waals surface area contributed by atoms with Gasteiger partial charge in [0.15, 0.2) is 5.65 Å². The van der Waals surface area contributed by atoms with Crippen LogP contribution < -0.4 is 5.32 Å². The van der Waals surface area contributed by atoms with Gasteiger partial charge in [-0.15, -0.1) is 0 Å². The van der Waals surface area contributed by atoms with Gasteiger partial charge in [-0.2, -0.15) is 13.9 Å². The van der Waals surface area contributed by atoms with Crippen molar-refractivity contribution in [1.29, 1.82) is 0 Å². The summed E-state index contributed by atoms with van der Waals surface area (Å²) >= 11 is 0. The molecule has 1 fully saturated rings. The van der Waals surface area contributed by atoms with E-state index in [1.165, 1.54) is 9.71 Å². The van der Waals surface area contributed by atoms with Crippen LogP contribution >= 0.6 is 0 Å². The maximum absolute atomic E-state index is 12.6. The van der Waals surface area contributed by atoms with E-state index in [0.29, 0.717) is 37.4 Å². The van der Waals surface area contributed by atoms with Gasteiger partial charge in [-0.05, 0) is 30.5 Å². The van der Waals surface area contributed by atoms with Crippen LogP contribution in [0.1, 0.15) is 18.4 Å². The lowest BCUT2D eigenvalue weighted by molar-refractivity contribution is -0.120. The van der Waals surface area contributed by atoms with Gasteiger partial charge in [0.1, 0.15) is 5.82 Å². The molecule has 150 valence electrons. The highest BCUT2D eigenvalue weighted by Crippen LogP contribution is 2.22. The Morgan fingerprint density at radius 1 is 1.07 bits per heavy atom. The SMILES string of the molecule is O=C(Nc1ccnc2ccnn12)C1CCN(S(=O)(=O)/C=C/c2ccccc2)CC1. The molecule has 9 heteroatoms. The third-order valence-electron chi connectivity index (χ3n) is 4.96. The highest BCUT2D eigenvalue weighted by molar-refractivity contribution is 7.92. The summed E-state index contributed by atoms with van der Waals surface area (Å²) in [6.45, 7) is 0.625. The molecule has 1 N–H and O–H groups in total. The van der Waals surface area contributed by atoms with Gasteiger partial charge in [-0.1, -0.05) is 30.3 Å². The number of hydrogen-bond acceptors (Lipinski definition) is 5. The molecule has 29 heavy (non-hydrogen) atoms. The molecule has 2 aromatic heterocycles. The molecule has 8 nitrogen and oxygen atoms in total. The van der Waals surface area contributed by atoms with Crippen LogP contribution in [0.3, 0.4) is 0 Å². The molecule has 1 saturated heterocycles. The number of nitrogens with zero attached hydrogens (tertiary/aromatic N) is 4. The van der Waals surface area contributed by atoms with Gasteiger partial charge in [-0.25, -0.2) is 13.4 Å². The van der Waals surface area contributed by atoms with E-state index in [9.17, 15) is 13.2 Å². The maximum Gasteiger partial charge on any atom is 0.236 e. The Balaban J connectivity index is 1.37. The molecule has 0 aliphatic carbocycles. The summed E-state index contributed by atoms with van der Waals surface area (Å²) in [4.78, 5) is 16.8. The van der Waals surface area contributed by atoms with Gasteiger partial charge in [0.25, 0.3) is 0 Å². The fourth-order valence-corrected chi connectivity index (χ4v) is 4.57. The van der Waals surface area contributed by atoms with Crippen LogP contribution in [0, 0.1) is 5.92 Å². The second-order valence-electron chi connectivity index (χ2n) is 6.85. The summed E-state index contributed by atoms with van der Waals surface area (Å²) in [5, 5.41) is 8.26. The molecule has 3 heterocycles. The summed E-state index contributed by atoms with van der Waals surface area (Å²) in [5.41, 5.74) is 1.47. The fourth-order valence-electron chi connectivity index (χ4n) is 3.34. The number of aromatic nitrogens is 3. The number of benzene rings is 1. The average Bonchev–Trinajstić information content (AvgIpc) is 3.23. The predicted octanol–water partition coefficient (Wildman–Crippen LogP) is 2.38. The number of carbonyl (C=O) groups excluding carboxylic acids is 1. The zero-order valence-electron chi connectivity index (χ0n) is 15.7. The van der Waals surface area contributed by atoms with E-state index < -0.39 is 10.0 Å². The van der Waals surface area contributed by atoms with E-state index in [-0.39, 0.29) is 11.8 Å². The highest BCUT2D eigenvalue weighted by atomic mass is 32.2. The van der Waals surface area contributed by atoms with Gasteiger partial charge < -0.3 is 5.32 Å². The Labute approximate surface area is 168 Å². The molecule has 0 spiro atoms. The molecule has 0 atom stereocenters. The van der Waals surface area contributed by atoms with Crippen LogP contribution in [0.25, 0.3) is 11.7 Å².